The summed E-state index contributed by atoms with van der Waals surface area (Å²) < 4.78 is 9.13. The van der Waals surface area contributed by atoms with Crippen molar-refractivity contribution in [3.63, 3.8) is 0 Å². The highest BCUT2D eigenvalue weighted by Crippen LogP contribution is 2.36. The summed E-state index contributed by atoms with van der Waals surface area (Å²) in [6.07, 6.45) is -1.23. The first-order chi connectivity index (χ1) is 9.29. The third-order valence-corrected chi connectivity index (χ3v) is 2.03. The van der Waals surface area contributed by atoms with Crippen molar-refractivity contribution in [2.75, 3.05) is 11.5 Å². The van der Waals surface area contributed by atoms with Gasteiger partial charge in [-0.05, 0) is 6.92 Å². The molecule has 20 heavy (non-hydrogen) atoms. The van der Waals surface area contributed by atoms with Crippen LogP contribution in [0.25, 0.3) is 0 Å². The van der Waals surface area contributed by atoms with Crippen molar-refractivity contribution in [2.24, 2.45) is 0 Å². The fraction of sp³-hybridized carbons (Fsp3) is 0.333. The maximum absolute atomic E-state index is 11.6. The summed E-state index contributed by atoms with van der Waals surface area (Å²) in [7, 11) is 0. The molecule has 1 heterocycles. The van der Waals surface area contributed by atoms with Gasteiger partial charge in [0.25, 0.3) is 5.88 Å². The van der Waals surface area contributed by atoms with Crippen LogP contribution in [-0.4, -0.2) is 28.5 Å². The Morgan fingerprint density at radius 3 is 2.35 bits per heavy atom. The zero-order chi connectivity index (χ0) is 15.4. The van der Waals surface area contributed by atoms with E-state index in [1.807, 2.05) is 0 Å². The Bertz CT molecular complexity index is 578. The van der Waals surface area contributed by atoms with Gasteiger partial charge in [-0.15, -0.1) is 0 Å². The number of carbonyl (C=O) groups excluding carboxylic acids is 2. The topological polar surface area (TPSA) is 146 Å². The lowest BCUT2D eigenvalue weighted by molar-refractivity contribution is -0.402. The number of hydrogen-bond donors (Lipinski definition) is 0. The number of carbonyl (C=O) groups is 2. The number of amides is 2. The molecule has 0 fully saturated rings. The Hall–Kier alpha value is -2.98. The molecule has 0 bridgehead atoms. The van der Waals surface area contributed by atoms with Crippen LogP contribution < -0.4 is 4.90 Å². The predicted molar refractivity (Wildman–Crippen MR) is 62.2 cm³/mol. The molecule has 11 heteroatoms. The summed E-state index contributed by atoms with van der Waals surface area (Å²) in [4.78, 5) is 42.5. The highest BCUT2D eigenvalue weighted by atomic mass is 16.7. The average Bonchev–Trinajstić information content (AvgIpc) is 2.74. The molecule has 2 amide bonds. The van der Waals surface area contributed by atoms with Crippen molar-refractivity contribution in [3.8, 4) is 0 Å². The Morgan fingerprint density at radius 1 is 1.35 bits per heavy atom. The van der Waals surface area contributed by atoms with E-state index < -0.39 is 39.3 Å². The number of ether oxygens (including phenoxy) is 1. The Morgan fingerprint density at radius 2 is 1.95 bits per heavy atom. The number of imide groups is 1. The monoisotopic (exact) mass is 287 g/mol. The lowest BCUT2D eigenvalue weighted by Crippen LogP contribution is -2.35. The molecule has 0 unspecified atom stereocenters. The van der Waals surface area contributed by atoms with Crippen molar-refractivity contribution in [2.45, 2.75) is 13.8 Å². The van der Waals surface area contributed by atoms with Gasteiger partial charge < -0.3 is 9.15 Å². The van der Waals surface area contributed by atoms with Crippen LogP contribution in [-0.2, 0) is 9.53 Å². The van der Waals surface area contributed by atoms with Crippen LogP contribution in [0.4, 0.5) is 22.3 Å². The molecule has 0 atom stereocenters. The molecule has 0 aliphatic rings. The van der Waals surface area contributed by atoms with Gasteiger partial charge in [0.2, 0.25) is 5.91 Å². The van der Waals surface area contributed by atoms with E-state index in [9.17, 15) is 29.8 Å². The van der Waals surface area contributed by atoms with Gasteiger partial charge in [-0.25, -0.2) is 4.79 Å². The first-order valence-corrected chi connectivity index (χ1v) is 5.19. The highest BCUT2D eigenvalue weighted by Gasteiger charge is 2.37. The lowest BCUT2D eigenvalue weighted by atomic mass is 10.4. The number of nitrogens with zero attached hydrogens (tertiary/aromatic N) is 3. The summed E-state index contributed by atoms with van der Waals surface area (Å²) in [5.74, 6) is -2.79. The predicted octanol–water partition coefficient (Wildman–Crippen LogP) is 1.61. The lowest BCUT2D eigenvalue weighted by Gasteiger charge is -2.14. The number of furan rings is 1. The zero-order valence-corrected chi connectivity index (χ0v) is 10.4. The first-order valence-electron chi connectivity index (χ1n) is 5.19. The van der Waals surface area contributed by atoms with Crippen molar-refractivity contribution >= 4 is 29.5 Å². The van der Waals surface area contributed by atoms with Crippen LogP contribution in [0.5, 0.6) is 0 Å². The van der Waals surface area contributed by atoms with Gasteiger partial charge in [0.15, 0.2) is 0 Å². The largest absolute Gasteiger partial charge is 0.449 e. The van der Waals surface area contributed by atoms with Gasteiger partial charge in [0.1, 0.15) is 11.0 Å². The van der Waals surface area contributed by atoms with Gasteiger partial charge in [-0.3, -0.25) is 25.0 Å². The van der Waals surface area contributed by atoms with E-state index in [0.29, 0.717) is 6.07 Å². The van der Waals surface area contributed by atoms with Crippen molar-refractivity contribution in [1.82, 2.24) is 0 Å². The van der Waals surface area contributed by atoms with E-state index in [1.165, 1.54) is 6.92 Å². The molecule has 0 aliphatic carbocycles. The van der Waals surface area contributed by atoms with Crippen LogP contribution in [0.3, 0.4) is 0 Å². The normalized spacial score (nSPS) is 9.90. The van der Waals surface area contributed by atoms with Crippen molar-refractivity contribution < 1.29 is 28.6 Å². The quantitative estimate of drug-likeness (QED) is 0.599. The van der Waals surface area contributed by atoms with Gasteiger partial charge in [-0.2, -0.15) is 4.90 Å². The number of nitro groups is 2. The highest BCUT2D eigenvalue weighted by molar-refractivity contribution is 6.11. The van der Waals surface area contributed by atoms with Crippen molar-refractivity contribution in [1.29, 1.82) is 0 Å². The molecule has 108 valence electrons. The molecule has 0 N–H and O–H groups in total. The van der Waals surface area contributed by atoms with Gasteiger partial charge in [0, 0.05) is 6.92 Å². The summed E-state index contributed by atoms with van der Waals surface area (Å²) in [5, 5.41) is 21.3. The van der Waals surface area contributed by atoms with Crippen LogP contribution in [0.15, 0.2) is 10.5 Å². The molecular formula is C9H9N3O8. The van der Waals surface area contributed by atoms with E-state index in [2.05, 4.69) is 9.15 Å². The average molecular weight is 287 g/mol. The minimum Gasteiger partial charge on any atom is -0.449 e. The molecule has 1 aromatic heterocycles. The maximum atomic E-state index is 11.6. The minimum atomic E-state index is -1.23. The van der Waals surface area contributed by atoms with E-state index in [1.54, 1.807) is 0 Å². The standard InChI is InChI=1S/C9H9N3O8/c1-3-19-9(14)10(5(2)13)8-6(11(15)16)4-7(20-8)12(17)18/h4H,3H2,1-2H3. The number of hydrogen-bond acceptors (Lipinski definition) is 8. The van der Waals surface area contributed by atoms with Crippen molar-refractivity contribution in [3.05, 3.63) is 26.3 Å². The zero-order valence-electron chi connectivity index (χ0n) is 10.4. The second-order valence-electron chi connectivity index (χ2n) is 3.34. The fourth-order valence-corrected chi connectivity index (χ4v) is 1.28. The second kappa shape index (κ2) is 5.77. The molecule has 0 saturated heterocycles. The van der Waals surface area contributed by atoms with Gasteiger partial charge in [0.05, 0.1) is 11.5 Å². The smallest absolute Gasteiger partial charge is 0.442 e. The van der Waals surface area contributed by atoms with E-state index in [-0.39, 0.29) is 11.5 Å². The van der Waals surface area contributed by atoms with E-state index in [0.717, 1.165) is 6.92 Å². The van der Waals surface area contributed by atoms with E-state index >= 15 is 0 Å². The third-order valence-electron chi connectivity index (χ3n) is 2.03. The van der Waals surface area contributed by atoms with E-state index in [4.69, 9.17) is 0 Å². The molecule has 11 nitrogen and oxygen atoms in total. The fourth-order valence-electron chi connectivity index (χ4n) is 1.28. The molecule has 1 aromatic rings. The number of rotatable bonds is 4. The second-order valence-corrected chi connectivity index (χ2v) is 3.34. The summed E-state index contributed by atoms with van der Waals surface area (Å²) in [5.41, 5.74) is -0.889. The van der Waals surface area contributed by atoms with Crippen LogP contribution >= 0.6 is 0 Å². The van der Waals surface area contributed by atoms with Crippen LogP contribution in [0.1, 0.15) is 13.8 Å². The first kappa shape index (κ1) is 15.1. The van der Waals surface area contributed by atoms with Gasteiger partial charge >= 0.3 is 17.7 Å². The molecule has 0 aliphatic heterocycles. The minimum absolute atomic E-state index is 0.0980. The Balaban J connectivity index is 3.39. The molecular weight excluding hydrogens is 278 g/mol. The molecule has 0 saturated carbocycles. The number of anilines is 1. The van der Waals surface area contributed by atoms with Crippen LogP contribution in [0.2, 0.25) is 0 Å². The Labute approximate surface area is 111 Å². The molecule has 1 rings (SSSR count). The Kier molecular flexibility index (Phi) is 4.35. The third kappa shape index (κ3) is 2.88. The SMILES string of the molecule is CCOC(=O)N(C(C)=O)c1oc([N+](=O)[O-])cc1[N+](=O)[O-]. The molecule has 0 aromatic carbocycles. The summed E-state index contributed by atoms with van der Waals surface area (Å²) in [6.45, 7) is 2.28. The summed E-state index contributed by atoms with van der Waals surface area (Å²) in [6, 6.07) is 0.504. The van der Waals surface area contributed by atoms with Crippen LogP contribution in [0, 0.1) is 20.2 Å². The molecule has 0 spiro atoms. The van der Waals surface area contributed by atoms with Gasteiger partial charge in [-0.1, -0.05) is 0 Å². The molecule has 0 radical (unpaired) electrons. The maximum Gasteiger partial charge on any atom is 0.442 e. The summed E-state index contributed by atoms with van der Waals surface area (Å²) >= 11 is 0.